The molecule has 2 aromatic carbocycles. The van der Waals surface area contributed by atoms with E-state index in [9.17, 15) is 18.7 Å². The Balaban J connectivity index is 1.77. The Morgan fingerprint density at radius 3 is 2.59 bits per heavy atom. The van der Waals surface area contributed by atoms with Crippen LogP contribution in [0, 0.1) is 11.6 Å². The molecule has 27 heavy (non-hydrogen) atoms. The summed E-state index contributed by atoms with van der Waals surface area (Å²) in [7, 11) is 0. The molecule has 0 saturated carbocycles. The second-order valence-electron chi connectivity index (χ2n) is 6.05. The number of carbonyl (C=O) groups is 1. The number of rotatable bonds is 5. The van der Waals surface area contributed by atoms with Gasteiger partial charge in [0.2, 0.25) is 0 Å². The summed E-state index contributed by atoms with van der Waals surface area (Å²) >= 11 is 5.80. The summed E-state index contributed by atoms with van der Waals surface area (Å²) in [5.74, 6) is -1.46. The second-order valence-corrected chi connectivity index (χ2v) is 6.45. The number of nitrogens with zero attached hydrogens (tertiary/aromatic N) is 1. The molecule has 140 valence electrons. The fourth-order valence-electron chi connectivity index (χ4n) is 2.64. The highest BCUT2D eigenvalue weighted by molar-refractivity contribution is 6.31. The van der Waals surface area contributed by atoms with Crippen molar-refractivity contribution in [3.63, 3.8) is 0 Å². The number of aliphatic hydroxyl groups is 1. The van der Waals surface area contributed by atoms with Crippen molar-refractivity contribution in [3.8, 4) is 11.3 Å². The van der Waals surface area contributed by atoms with Gasteiger partial charge in [0.05, 0.1) is 34.6 Å². The third-order valence-electron chi connectivity index (χ3n) is 4.14. The van der Waals surface area contributed by atoms with Gasteiger partial charge in [-0.25, -0.2) is 8.78 Å². The maximum Gasteiger partial charge on any atom is 0.255 e. The van der Waals surface area contributed by atoms with Crippen LogP contribution in [0.4, 0.5) is 8.78 Å². The van der Waals surface area contributed by atoms with E-state index in [1.54, 1.807) is 6.92 Å². The first kappa shape index (κ1) is 19.0. The number of hydrogen-bond donors (Lipinski definition) is 3. The number of aromatic amines is 1. The topological polar surface area (TPSA) is 78.0 Å². The Hall–Kier alpha value is -2.77. The quantitative estimate of drug-likeness (QED) is 0.618. The lowest BCUT2D eigenvalue weighted by Gasteiger charge is -2.20. The number of H-pyrrole nitrogens is 1. The first-order valence-electron chi connectivity index (χ1n) is 8.10. The van der Waals surface area contributed by atoms with Crippen molar-refractivity contribution in [3.05, 3.63) is 76.4 Å². The van der Waals surface area contributed by atoms with E-state index in [1.165, 1.54) is 48.7 Å². The summed E-state index contributed by atoms with van der Waals surface area (Å²) in [4.78, 5) is 12.6. The van der Waals surface area contributed by atoms with E-state index in [0.717, 1.165) is 0 Å². The lowest BCUT2D eigenvalue weighted by Crippen LogP contribution is -2.37. The average molecular weight is 392 g/mol. The van der Waals surface area contributed by atoms with Crippen molar-refractivity contribution in [1.82, 2.24) is 15.5 Å². The van der Waals surface area contributed by atoms with Gasteiger partial charge in [-0.2, -0.15) is 5.10 Å². The van der Waals surface area contributed by atoms with E-state index in [1.807, 2.05) is 0 Å². The minimum absolute atomic E-state index is 0.0754. The number of carbonyl (C=O) groups excluding carboxylic acids is 1. The summed E-state index contributed by atoms with van der Waals surface area (Å²) in [5.41, 5.74) is 1.56. The largest absolute Gasteiger partial charge is 0.386 e. The molecule has 1 amide bonds. The van der Waals surface area contributed by atoms with Crippen LogP contribution in [0.5, 0.6) is 0 Å². The number of nitrogens with one attached hydrogen (secondary N) is 2. The van der Waals surface area contributed by atoms with Gasteiger partial charge in [-0.05, 0) is 42.8 Å². The molecule has 0 saturated heterocycles. The Morgan fingerprint density at radius 2 is 1.93 bits per heavy atom. The first-order chi connectivity index (χ1) is 12.9. The smallest absolute Gasteiger partial charge is 0.255 e. The van der Waals surface area contributed by atoms with E-state index < -0.39 is 29.7 Å². The van der Waals surface area contributed by atoms with E-state index >= 15 is 0 Å². The van der Waals surface area contributed by atoms with Crippen molar-refractivity contribution in [2.24, 2.45) is 0 Å². The lowest BCUT2D eigenvalue weighted by molar-refractivity contribution is 0.0852. The van der Waals surface area contributed by atoms with Gasteiger partial charge in [0.1, 0.15) is 11.6 Å². The van der Waals surface area contributed by atoms with E-state index in [2.05, 4.69) is 15.5 Å². The normalized spacial score (nSPS) is 13.2. The number of aliphatic hydroxyl groups excluding tert-OH is 1. The van der Waals surface area contributed by atoms with Crippen LogP contribution in [0.1, 0.15) is 28.9 Å². The van der Waals surface area contributed by atoms with Gasteiger partial charge in [-0.1, -0.05) is 23.7 Å². The van der Waals surface area contributed by atoms with Gasteiger partial charge in [0.15, 0.2) is 0 Å². The second kappa shape index (κ2) is 7.85. The van der Waals surface area contributed by atoms with Crippen molar-refractivity contribution in [2.75, 3.05) is 0 Å². The molecule has 1 heterocycles. The average Bonchev–Trinajstić information content (AvgIpc) is 3.14. The highest BCUT2D eigenvalue weighted by atomic mass is 35.5. The van der Waals surface area contributed by atoms with Crippen LogP contribution in [-0.2, 0) is 0 Å². The molecule has 3 rings (SSSR count). The highest BCUT2D eigenvalue weighted by Crippen LogP contribution is 2.26. The van der Waals surface area contributed by atoms with Crippen LogP contribution < -0.4 is 5.32 Å². The summed E-state index contributed by atoms with van der Waals surface area (Å²) in [6.45, 7) is 1.63. The molecular formula is C19H16ClF2N3O2. The monoisotopic (exact) mass is 391 g/mol. The Kier molecular flexibility index (Phi) is 5.53. The van der Waals surface area contributed by atoms with Crippen molar-refractivity contribution in [2.45, 2.75) is 19.1 Å². The third-order valence-corrected chi connectivity index (χ3v) is 4.43. The molecular weight excluding hydrogens is 376 g/mol. The van der Waals surface area contributed by atoms with Gasteiger partial charge < -0.3 is 10.4 Å². The first-order valence-corrected chi connectivity index (χ1v) is 8.48. The molecule has 2 unspecified atom stereocenters. The van der Waals surface area contributed by atoms with Crippen LogP contribution >= 0.6 is 11.6 Å². The molecule has 0 fully saturated rings. The summed E-state index contributed by atoms with van der Waals surface area (Å²) in [6.07, 6.45) is 0.309. The van der Waals surface area contributed by atoms with Gasteiger partial charge in [0.25, 0.3) is 5.91 Å². The Bertz CT molecular complexity index is 960. The fraction of sp³-hybridized carbons (Fsp3) is 0.158. The van der Waals surface area contributed by atoms with Crippen molar-refractivity contribution < 1.29 is 18.7 Å². The molecule has 0 aliphatic carbocycles. The van der Waals surface area contributed by atoms with Gasteiger partial charge in [0, 0.05) is 5.56 Å². The van der Waals surface area contributed by atoms with E-state index in [-0.39, 0.29) is 10.6 Å². The highest BCUT2D eigenvalue weighted by Gasteiger charge is 2.22. The number of hydrogen-bond acceptors (Lipinski definition) is 3. The summed E-state index contributed by atoms with van der Waals surface area (Å²) in [5, 5.41) is 19.5. The van der Waals surface area contributed by atoms with Gasteiger partial charge in [-0.15, -0.1) is 0 Å². The zero-order chi connectivity index (χ0) is 19.6. The third kappa shape index (κ3) is 4.15. The minimum atomic E-state index is -1.02. The molecule has 0 radical (unpaired) electrons. The summed E-state index contributed by atoms with van der Waals surface area (Å²) in [6, 6.07) is 8.78. The molecule has 3 aromatic rings. The maximum absolute atomic E-state index is 13.4. The lowest BCUT2D eigenvalue weighted by atomic mass is 10.0. The predicted octanol–water partition coefficient (Wildman–Crippen LogP) is 3.86. The minimum Gasteiger partial charge on any atom is -0.386 e. The standard InChI is InChI=1S/C19H16ClF2N3O2/c1-10(18(26)11-2-5-13(21)6-3-11)24-19(27)14-9-23-25-17(14)12-4-7-16(22)15(20)8-12/h2-10,18,26H,1H3,(H,23,25)(H,24,27). The molecule has 0 aliphatic rings. The van der Waals surface area contributed by atoms with Crippen LogP contribution in [-0.4, -0.2) is 27.3 Å². The van der Waals surface area contributed by atoms with Crippen molar-refractivity contribution in [1.29, 1.82) is 0 Å². The Morgan fingerprint density at radius 1 is 1.22 bits per heavy atom. The fourth-order valence-corrected chi connectivity index (χ4v) is 2.82. The SMILES string of the molecule is CC(NC(=O)c1cn[nH]c1-c1ccc(F)c(Cl)c1)C(O)c1ccc(F)cc1. The zero-order valence-corrected chi connectivity index (χ0v) is 15.0. The number of aromatic nitrogens is 2. The molecule has 2 atom stereocenters. The van der Waals surface area contributed by atoms with Crippen LogP contribution in [0.2, 0.25) is 5.02 Å². The summed E-state index contributed by atoms with van der Waals surface area (Å²) < 4.78 is 26.4. The Labute approximate surface area is 159 Å². The molecule has 5 nitrogen and oxygen atoms in total. The van der Waals surface area contributed by atoms with E-state index in [4.69, 9.17) is 11.6 Å². The van der Waals surface area contributed by atoms with Crippen molar-refractivity contribution >= 4 is 17.5 Å². The zero-order valence-electron chi connectivity index (χ0n) is 14.2. The maximum atomic E-state index is 13.4. The van der Waals surface area contributed by atoms with E-state index in [0.29, 0.717) is 16.8 Å². The van der Waals surface area contributed by atoms with Crippen LogP contribution in [0.25, 0.3) is 11.3 Å². The molecule has 1 aromatic heterocycles. The van der Waals surface area contributed by atoms with Gasteiger partial charge >= 0.3 is 0 Å². The predicted molar refractivity (Wildman–Crippen MR) is 97.3 cm³/mol. The molecule has 0 bridgehead atoms. The van der Waals surface area contributed by atoms with Crippen LogP contribution in [0.3, 0.4) is 0 Å². The molecule has 0 aliphatic heterocycles. The van der Waals surface area contributed by atoms with Gasteiger partial charge in [-0.3, -0.25) is 9.89 Å². The van der Waals surface area contributed by atoms with Crippen LogP contribution in [0.15, 0.2) is 48.7 Å². The number of amides is 1. The molecule has 0 spiro atoms. The molecule has 8 heteroatoms. The number of benzene rings is 2. The molecule has 3 N–H and O–H groups in total. The number of halogens is 3.